The normalized spacial score (nSPS) is 14.6. The molecule has 0 saturated carbocycles. The van der Waals surface area contributed by atoms with E-state index in [1.54, 1.807) is 31.3 Å². The van der Waals surface area contributed by atoms with Crippen molar-refractivity contribution in [1.82, 2.24) is 19.7 Å². The number of methoxy groups -OCH3 is 1. The number of halogens is 4. The molecule has 1 aliphatic rings. The SMILES string of the molecule is COC(=O)C1=C(C)N(c2cccc(C(F)(F)F)c2)c2n[nH]c(=O)n2[C@@H]1c1ccc(C#N)cc1CC[N+](C)(C)Cc1nccc2ccccc12.[Br-]. The van der Waals surface area contributed by atoms with E-state index in [1.807, 2.05) is 30.3 Å². The summed E-state index contributed by atoms with van der Waals surface area (Å²) in [5, 5.41) is 18.6. The Hall–Kier alpha value is -5.26. The van der Waals surface area contributed by atoms with Gasteiger partial charge in [0.15, 0.2) is 0 Å². The molecule has 1 atom stereocenters. The number of esters is 1. The Morgan fingerprint density at radius 1 is 1.08 bits per heavy atom. The van der Waals surface area contributed by atoms with E-state index in [4.69, 9.17) is 4.74 Å². The summed E-state index contributed by atoms with van der Waals surface area (Å²) >= 11 is 0. The van der Waals surface area contributed by atoms with Gasteiger partial charge in [0.25, 0.3) is 0 Å². The number of quaternary nitrogens is 1. The van der Waals surface area contributed by atoms with Gasteiger partial charge in [0, 0.05) is 29.4 Å². The average Bonchev–Trinajstić information content (AvgIpc) is 3.46. The quantitative estimate of drug-likeness (QED) is 0.192. The Balaban J connectivity index is 0.00000486. The molecule has 1 aliphatic heterocycles. The minimum Gasteiger partial charge on any atom is -1.00 e. The van der Waals surface area contributed by atoms with E-state index >= 15 is 0 Å². The predicted molar refractivity (Wildman–Crippen MR) is 177 cm³/mol. The van der Waals surface area contributed by atoms with E-state index in [0.717, 1.165) is 28.6 Å². The van der Waals surface area contributed by atoms with Crippen molar-refractivity contribution in [2.24, 2.45) is 0 Å². The number of carbonyl (C=O) groups excluding carboxylic acids is 1. The number of ether oxygens (including phenoxy) is 1. The standard InChI is InChI=1S/C36H32F3N7O3.BrH/c1-22-31(33(47)49-4)32(45-34(42-43-35(45)48)44(22)27-10-7-9-26(19-27)36(37,38)39)29-13-12-23(20-40)18-25(29)15-17-46(2,3)21-30-28-11-6-5-8-24(28)14-16-41-30;/h5-14,16,18-19,32H,15,17,21H2,1-4H3;1H/t32-;/m1./s1. The first-order valence-corrected chi connectivity index (χ1v) is 15.4. The Labute approximate surface area is 296 Å². The second kappa shape index (κ2) is 13.9. The number of anilines is 2. The fourth-order valence-electron chi connectivity index (χ4n) is 6.45. The van der Waals surface area contributed by atoms with Crippen LogP contribution in [-0.4, -0.2) is 58.0 Å². The highest BCUT2D eigenvalue weighted by molar-refractivity contribution is 5.93. The van der Waals surface area contributed by atoms with Crippen LogP contribution in [0.5, 0.6) is 0 Å². The van der Waals surface area contributed by atoms with Gasteiger partial charge < -0.3 is 26.2 Å². The van der Waals surface area contributed by atoms with E-state index in [9.17, 15) is 28.0 Å². The van der Waals surface area contributed by atoms with Crippen LogP contribution in [0.15, 0.2) is 95.1 Å². The number of aromatic nitrogens is 4. The zero-order valence-corrected chi connectivity index (χ0v) is 29.2. The molecule has 3 aromatic carbocycles. The van der Waals surface area contributed by atoms with Crippen molar-refractivity contribution in [2.45, 2.75) is 32.1 Å². The Kier molecular flexibility index (Phi) is 10.0. The highest BCUT2D eigenvalue weighted by atomic mass is 79.9. The van der Waals surface area contributed by atoms with Gasteiger partial charge in [-0.05, 0) is 59.8 Å². The van der Waals surface area contributed by atoms with Crippen molar-refractivity contribution in [1.29, 1.82) is 5.26 Å². The number of nitriles is 1. The Morgan fingerprint density at radius 2 is 1.84 bits per heavy atom. The molecule has 0 fully saturated rings. The number of nitrogens with zero attached hydrogens (tertiary/aromatic N) is 6. The summed E-state index contributed by atoms with van der Waals surface area (Å²) in [4.78, 5) is 33.0. The second-order valence-corrected chi connectivity index (χ2v) is 12.5. The molecule has 0 radical (unpaired) electrons. The van der Waals surface area contributed by atoms with Crippen LogP contribution in [0.2, 0.25) is 0 Å². The number of likely N-dealkylation sites (N-methyl/N-ethyl adjacent to an activating group) is 1. The number of H-pyrrole nitrogens is 1. The zero-order valence-electron chi connectivity index (χ0n) is 27.6. The van der Waals surface area contributed by atoms with Crippen molar-refractivity contribution in [3.05, 3.63) is 129 Å². The molecule has 6 rings (SSSR count). The maximum Gasteiger partial charge on any atom is 0.416 e. The van der Waals surface area contributed by atoms with Gasteiger partial charge in [-0.2, -0.15) is 18.4 Å². The molecule has 0 bridgehead atoms. The molecule has 1 N–H and O–H groups in total. The highest BCUT2D eigenvalue weighted by Crippen LogP contribution is 2.43. The molecule has 0 aliphatic carbocycles. The van der Waals surface area contributed by atoms with Crippen molar-refractivity contribution < 1.29 is 44.2 Å². The minimum absolute atomic E-state index is 0. The van der Waals surface area contributed by atoms with Crippen LogP contribution in [0, 0.1) is 11.3 Å². The van der Waals surface area contributed by atoms with Gasteiger partial charge >= 0.3 is 17.8 Å². The van der Waals surface area contributed by atoms with Crippen LogP contribution in [0.3, 0.4) is 0 Å². The maximum atomic E-state index is 13.7. The van der Waals surface area contributed by atoms with E-state index in [1.165, 1.54) is 28.7 Å². The van der Waals surface area contributed by atoms with Crippen LogP contribution < -0.4 is 27.6 Å². The van der Waals surface area contributed by atoms with E-state index in [0.29, 0.717) is 40.7 Å². The molecule has 0 unspecified atom stereocenters. The van der Waals surface area contributed by atoms with E-state index in [-0.39, 0.29) is 39.9 Å². The molecule has 0 spiro atoms. The fourth-order valence-corrected chi connectivity index (χ4v) is 6.45. The van der Waals surface area contributed by atoms with Gasteiger partial charge in [-0.3, -0.25) is 9.88 Å². The van der Waals surface area contributed by atoms with E-state index < -0.39 is 29.4 Å². The van der Waals surface area contributed by atoms with Crippen LogP contribution in [-0.2, 0) is 28.7 Å². The van der Waals surface area contributed by atoms with Crippen molar-refractivity contribution in [3.63, 3.8) is 0 Å². The summed E-state index contributed by atoms with van der Waals surface area (Å²) in [5.74, 6) is -0.778. The number of rotatable bonds is 8. The molecule has 3 heterocycles. The second-order valence-electron chi connectivity index (χ2n) is 12.5. The summed E-state index contributed by atoms with van der Waals surface area (Å²) in [6.07, 6.45) is -2.39. The van der Waals surface area contributed by atoms with Crippen LogP contribution in [0.4, 0.5) is 24.8 Å². The van der Waals surface area contributed by atoms with Crippen LogP contribution in [0.1, 0.15) is 40.9 Å². The third-order valence-electron chi connectivity index (χ3n) is 8.87. The molecular formula is C36H33BrF3N7O3. The number of allylic oxidation sites excluding steroid dienone is 1. The maximum absolute atomic E-state index is 13.7. The number of nitrogens with one attached hydrogen (secondary N) is 1. The highest BCUT2D eigenvalue weighted by Gasteiger charge is 2.41. The smallest absolute Gasteiger partial charge is 0.416 e. The molecule has 258 valence electrons. The van der Waals surface area contributed by atoms with Gasteiger partial charge in [-0.15, -0.1) is 5.10 Å². The van der Waals surface area contributed by atoms with Gasteiger partial charge in [0.1, 0.15) is 18.3 Å². The van der Waals surface area contributed by atoms with Crippen molar-refractivity contribution in [3.8, 4) is 6.07 Å². The first kappa shape index (κ1) is 36.0. The van der Waals surface area contributed by atoms with Gasteiger partial charge in [-0.1, -0.05) is 36.4 Å². The Morgan fingerprint density at radius 3 is 2.56 bits per heavy atom. The molecule has 0 saturated heterocycles. The topological polar surface area (TPSA) is 117 Å². The number of hydrogen-bond acceptors (Lipinski definition) is 7. The predicted octanol–water partition coefficient (Wildman–Crippen LogP) is 3.02. The molecule has 10 nitrogen and oxygen atoms in total. The number of aromatic amines is 1. The lowest BCUT2D eigenvalue weighted by atomic mass is 9.89. The van der Waals surface area contributed by atoms with Gasteiger partial charge in [0.05, 0.1) is 50.5 Å². The molecule has 5 aromatic rings. The van der Waals surface area contributed by atoms with Gasteiger partial charge in [0.2, 0.25) is 5.95 Å². The molecule has 0 amide bonds. The number of pyridine rings is 1. The Bertz CT molecular complexity index is 2210. The number of carbonyl (C=O) groups is 1. The van der Waals surface area contributed by atoms with Gasteiger partial charge in [-0.25, -0.2) is 19.3 Å². The summed E-state index contributed by atoms with van der Waals surface area (Å²) < 4.78 is 48.1. The van der Waals surface area contributed by atoms with Crippen LogP contribution >= 0.6 is 0 Å². The number of hydrogen-bond donors (Lipinski definition) is 1. The van der Waals surface area contributed by atoms with Crippen molar-refractivity contribution in [2.75, 3.05) is 32.6 Å². The first-order valence-electron chi connectivity index (χ1n) is 15.4. The summed E-state index contributed by atoms with van der Waals surface area (Å²) in [5.41, 5.74) is 1.33. The first-order chi connectivity index (χ1) is 23.3. The summed E-state index contributed by atoms with van der Waals surface area (Å²) in [6.45, 7) is 2.78. The van der Waals surface area contributed by atoms with Crippen LogP contribution in [0.25, 0.3) is 10.8 Å². The average molecular weight is 749 g/mol. The number of fused-ring (bicyclic) bond motifs is 2. The molecule has 50 heavy (non-hydrogen) atoms. The lowest BCUT2D eigenvalue weighted by molar-refractivity contribution is -0.903. The number of alkyl halides is 3. The zero-order chi connectivity index (χ0) is 35.1. The lowest BCUT2D eigenvalue weighted by Gasteiger charge is -2.36. The minimum atomic E-state index is -4.63. The third-order valence-corrected chi connectivity index (χ3v) is 8.87. The van der Waals surface area contributed by atoms with Crippen molar-refractivity contribution >= 4 is 28.4 Å². The monoisotopic (exact) mass is 747 g/mol. The molecule has 14 heteroatoms. The molecule has 2 aromatic heterocycles. The lowest BCUT2D eigenvalue weighted by Crippen LogP contribution is -3.00. The molecular weight excluding hydrogens is 715 g/mol. The third kappa shape index (κ3) is 6.79. The summed E-state index contributed by atoms with van der Waals surface area (Å²) in [6, 6.07) is 20.7. The number of benzene rings is 3. The van der Waals surface area contributed by atoms with E-state index in [2.05, 4.69) is 35.3 Å². The fraction of sp³-hybridized carbons (Fsp3) is 0.250. The largest absolute Gasteiger partial charge is 1.00 e. The summed E-state index contributed by atoms with van der Waals surface area (Å²) in [7, 11) is 5.35.